The molecule has 0 saturated heterocycles. The maximum absolute atomic E-state index is 5.48. The van der Waals surface area contributed by atoms with Crippen LogP contribution >= 0.6 is 12.2 Å². The van der Waals surface area contributed by atoms with Crippen molar-refractivity contribution in [3.8, 4) is 11.3 Å². The van der Waals surface area contributed by atoms with Crippen molar-refractivity contribution in [3.63, 3.8) is 0 Å². The van der Waals surface area contributed by atoms with Crippen molar-refractivity contribution in [2.45, 2.75) is 13.0 Å². The summed E-state index contributed by atoms with van der Waals surface area (Å²) in [5.41, 5.74) is 2.20. The van der Waals surface area contributed by atoms with Crippen LogP contribution in [0.3, 0.4) is 0 Å². The molecular weight excluding hydrogens is 256 g/mol. The van der Waals surface area contributed by atoms with E-state index in [4.69, 9.17) is 16.6 Å². The van der Waals surface area contributed by atoms with Crippen molar-refractivity contribution in [1.82, 2.24) is 9.55 Å². The van der Waals surface area contributed by atoms with Crippen molar-refractivity contribution in [2.24, 2.45) is 0 Å². The number of hydrogen-bond acceptors (Lipinski definition) is 2. The molecule has 1 unspecified atom stereocenters. The second kappa shape index (κ2) is 4.90. The monoisotopic (exact) mass is 270 g/mol. The van der Waals surface area contributed by atoms with Gasteiger partial charge in [-0.1, -0.05) is 30.3 Å². The smallest absolute Gasteiger partial charge is 0.178 e. The highest BCUT2D eigenvalue weighted by Crippen LogP contribution is 2.27. The molecule has 0 radical (unpaired) electrons. The summed E-state index contributed by atoms with van der Waals surface area (Å²) in [5.74, 6) is 0.896. The van der Waals surface area contributed by atoms with E-state index in [-0.39, 0.29) is 6.04 Å². The van der Waals surface area contributed by atoms with Gasteiger partial charge in [0.1, 0.15) is 5.76 Å². The number of H-pyrrole nitrogens is 1. The Morgan fingerprint density at radius 1 is 1.16 bits per heavy atom. The molecule has 0 aliphatic rings. The largest absolute Gasteiger partial charge is 0.467 e. The molecule has 1 aromatic carbocycles. The molecular formula is C15H14N2OS. The highest BCUT2D eigenvalue weighted by atomic mass is 32.1. The molecule has 0 spiro atoms. The van der Waals surface area contributed by atoms with Crippen LogP contribution in [-0.2, 0) is 0 Å². The summed E-state index contributed by atoms with van der Waals surface area (Å²) in [6.07, 6.45) is 3.63. The zero-order valence-electron chi connectivity index (χ0n) is 10.5. The van der Waals surface area contributed by atoms with E-state index in [1.807, 2.05) is 36.5 Å². The number of rotatable bonds is 3. The summed E-state index contributed by atoms with van der Waals surface area (Å²) in [5, 5.41) is 0. The zero-order valence-corrected chi connectivity index (χ0v) is 11.4. The molecule has 1 atom stereocenters. The fourth-order valence-corrected chi connectivity index (χ4v) is 2.57. The summed E-state index contributed by atoms with van der Waals surface area (Å²) < 4.78 is 8.25. The molecule has 0 aliphatic heterocycles. The Bertz CT molecular complexity index is 710. The normalized spacial score (nSPS) is 12.5. The molecule has 0 amide bonds. The lowest BCUT2D eigenvalue weighted by Crippen LogP contribution is -2.07. The summed E-state index contributed by atoms with van der Waals surface area (Å²) in [6, 6.07) is 14.1. The third-order valence-corrected chi connectivity index (χ3v) is 3.54. The first-order valence-electron chi connectivity index (χ1n) is 6.16. The molecule has 19 heavy (non-hydrogen) atoms. The summed E-state index contributed by atoms with van der Waals surface area (Å²) in [7, 11) is 0. The van der Waals surface area contributed by atoms with Gasteiger partial charge >= 0.3 is 0 Å². The highest BCUT2D eigenvalue weighted by Gasteiger charge is 2.16. The van der Waals surface area contributed by atoms with Gasteiger partial charge < -0.3 is 14.0 Å². The van der Waals surface area contributed by atoms with Crippen molar-refractivity contribution < 1.29 is 4.42 Å². The Morgan fingerprint density at radius 2 is 1.95 bits per heavy atom. The predicted octanol–water partition coefficient (Wildman–Crippen LogP) is 4.41. The van der Waals surface area contributed by atoms with Crippen LogP contribution in [0.15, 0.2) is 59.3 Å². The third-order valence-electron chi connectivity index (χ3n) is 3.22. The first kappa shape index (κ1) is 12.0. The second-order valence-corrected chi connectivity index (χ2v) is 4.79. The minimum Gasteiger partial charge on any atom is -0.467 e. The van der Waals surface area contributed by atoms with Gasteiger partial charge in [0.2, 0.25) is 0 Å². The van der Waals surface area contributed by atoms with Crippen LogP contribution in [-0.4, -0.2) is 9.55 Å². The Balaban J connectivity index is 2.12. The average Bonchev–Trinajstić information content (AvgIpc) is 3.08. The second-order valence-electron chi connectivity index (χ2n) is 4.41. The van der Waals surface area contributed by atoms with Gasteiger partial charge in [-0.25, -0.2) is 0 Å². The van der Waals surface area contributed by atoms with Crippen molar-refractivity contribution in [2.75, 3.05) is 0 Å². The number of benzene rings is 1. The van der Waals surface area contributed by atoms with Crippen LogP contribution in [0, 0.1) is 4.77 Å². The fourth-order valence-electron chi connectivity index (χ4n) is 2.25. The van der Waals surface area contributed by atoms with Gasteiger partial charge in [-0.2, -0.15) is 0 Å². The zero-order chi connectivity index (χ0) is 13.2. The highest BCUT2D eigenvalue weighted by molar-refractivity contribution is 7.71. The number of nitrogens with one attached hydrogen (secondary N) is 1. The molecule has 3 rings (SSSR count). The quantitative estimate of drug-likeness (QED) is 0.715. The number of imidazole rings is 1. The van der Waals surface area contributed by atoms with E-state index < -0.39 is 0 Å². The lowest BCUT2D eigenvalue weighted by atomic mass is 10.1. The lowest BCUT2D eigenvalue weighted by molar-refractivity contribution is 0.446. The Kier molecular flexibility index (Phi) is 3.09. The number of aromatic nitrogens is 2. The Labute approximate surface area is 116 Å². The van der Waals surface area contributed by atoms with Crippen LogP contribution in [0.1, 0.15) is 18.7 Å². The van der Waals surface area contributed by atoms with Gasteiger partial charge in [-0.3, -0.25) is 0 Å². The Morgan fingerprint density at radius 3 is 2.63 bits per heavy atom. The van der Waals surface area contributed by atoms with Crippen LogP contribution in [0.5, 0.6) is 0 Å². The third kappa shape index (κ3) is 2.15. The number of nitrogens with zero attached hydrogens (tertiary/aromatic N) is 1. The topological polar surface area (TPSA) is 33.9 Å². The Hall–Kier alpha value is -2.07. The van der Waals surface area contributed by atoms with E-state index in [2.05, 4.69) is 28.6 Å². The minimum atomic E-state index is 0.0592. The van der Waals surface area contributed by atoms with E-state index in [1.54, 1.807) is 6.26 Å². The van der Waals surface area contributed by atoms with Gasteiger partial charge in [0.25, 0.3) is 0 Å². The molecule has 0 saturated carbocycles. The maximum Gasteiger partial charge on any atom is 0.178 e. The van der Waals surface area contributed by atoms with Gasteiger partial charge in [-0.05, 0) is 36.8 Å². The molecule has 2 aromatic heterocycles. The molecule has 4 heteroatoms. The number of hydrogen-bond donors (Lipinski definition) is 1. The van der Waals surface area contributed by atoms with Gasteiger partial charge in [0.15, 0.2) is 4.77 Å². The summed E-state index contributed by atoms with van der Waals surface area (Å²) >= 11 is 5.39. The van der Waals surface area contributed by atoms with Crippen LogP contribution < -0.4 is 0 Å². The van der Waals surface area contributed by atoms with Crippen LogP contribution in [0.25, 0.3) is 11.3 Å². The molecule has 0 aliphatic carbocycles. The number of furan rings is 1. The average molecular weight is 270 g/mol. The van der Waals surface area contributed by atoms with Crippen LogP contribution in [0.2, 0.25) is 0 Å². The van der Waals surface area contributed by atoms with Gasteiger partial charge in [-0.15, -0.1) is 0 Å². The molecule has 3 aromatic rings. The molecule has 0 fully saturated rings. The molecule has 96 valence electrons. The molecule has 2 heterocycles. The van der Waals surface area contributed by atoms with E-state index in [9.17, 15) is 0 Å². The van der Waals surface area contributed by atoms with Crippen molar-refractivity contribution >= 4 is 12.2 Å². The van der Waals surface area contributed by atoms with Crippen molar-refractivity contribution in [3.05, 3.63) is 65.5 Å². The van der Waals surface area contributed by atoms with E-state index in [0.717, 1.165) is 17.0 Å². The SMILES string of the molecule is CC(c1ccco1)n1c(-c2ccccc2)c[nH]c1=S. The van der Waals surface area contributed by atoms with E-state index in [1.165, 1.54) is 0 Å². The van der Waals surface area contributed by atoms with E-state index >= 15 is 0 Å². The summed E-state index contributed by atoms with van der Waals surface area (Å²) in [6.45, 7) is 2.08. The van der Waals surface area contributed by atoms with E-state index in [0.29, 0.717) is 4.77 Å². The fraction of sp³-hybridized carbons (Fsp3) is 0.133. The minimum absolute atomic E-state index is 0.0592. The lowest BCUT2D eigenvalue weighted by Gasteiger charge is -2.14. The molecule has 0 bridgehead atoms. The summed E-state index contributed by atoms with van der Waals surface area (Å²) in [4.78, 5) is 3.11. The van der Waals surface area contributed by atoms with Crippen LogP contribution in [0.4, 0.5) is 0 Å². The predicted molar refractivity (Wildman–Crippen MR) is 77.6 cm³/mol. The first-order chi connectivity index (χ1) is 9.27. The van der Waals surface area contributed by atoms with Crippen molar-refractivity contribution in [1.29, 1.82) is 0 Å². The van der Waals surface area contributed by atoms with Gasteiger partial charge in [0.05, 0.1) is 18.0 Å². The number of aromatic amines is 1. The maximum atomic E-state index is 5.48. The van der Waals surface area contributed by atoms with Gasteiger partial charge in [0, 0.05) is 6.20 Å². The first-order valence-corrected chi connectivity index (χ1v) is 6.57. The molecule has 1 N–H and O–H groups in total. The molecule has 3 nitrogen and oxygen atoms in total. The standard InChI is InChI=1S/C15H14N2OS/c1-11(14-8-5-9-18-14)17-13(10-16-15(17)19)12-6-3-2-4-7-12/h2-11H,1H3,(H,16,19).